The Hall–Kier alpha value is -1.27. The molecule has 0 amide bonds. The van der Waals surface area contributed by atoms with Gasteiger partial charge in [-0.2, -0.15) is 13.2 Å². The Kier molecular flexibility index (Phi) is 4.00. The summed E-state index contributed by atoms with van der Waals surface area (Å²) < 4.78 is 37.3. The number of rotatable bonds is 3. The number of carboxylic acids is 1. The van der Waals surface area contributed by atoms with Gasteiger partial charge in [0.2, 0.25) is 0 Å². The molecule has 3 nitrogen and oxygen atoms in total. The lowest BCUT2D eigenvalue weighted by atomic mass is 10.0. The second-order valence-electron chi connectivity index (χ2n) is 3.38. The van der Waals surface area contributed by atoms with Gasteiger partial charge in [0, 0.05) is 5.02 Å². The lowest BCUT2D eigenvalue weighted by molar-refractivity contribution is -0.139. The number of aliphatic carboxylic acids is 1. The highest BCUT2D eigenvalue weighted by atomic mass is 35.5. The molecular formula is C10H8ClF3O3. The van der Waals surface area contributed by atoms with Crippen LogP contribution in [0.1, 0.15) is 23.7 Å². The summed E-state index contributed by atoms with van der Waals surface area (Å²) in [5.41, 5.74) is -1.20. The number of hydrogen-bond acceptors (Lipinski definition) is 2. The molecule has 0 saturated heterocycles. The third-order valence-electron chi connectivity index (χ3n) is 2.00. The maximum Gasteiger partial charge on any atom is 0.416 e. The normalized spacial score (nSPS) is 13.5. The number of hydrogen-bond donors (Lipinski definition) is 2. The molecule has 0 aliphatic heterocycles. The zero-order valence-corrected chi connectivity index (χ0v) is 9.09. The van der Waals surface area contributed by atoms with Crippen molar-refractivity contribution in [2.45, 2.75) is 18.7 Å². The van der Waals surface area contributed by atoms with Crippen molar-refractivity contribution in [3.8, 4) is 0 Å². The molecule has 0 aliphatic carbocycles. The molecule has 0 aromatic heterocycles. The smallest absolute Gasteiger partial charge is 0.416 e. The predicted molar refractivity (Wildman–Crippen MR) is 53.7 cm³/mol. The van der Waals surface area contributed by atoms with Crippen molar-refractivity contribution in [2.24, 2.45) is 0 Å². The molecule has 2 N–H and O–H groups in total. The SMILES string of the molecule is O=C(O)CC(O)c1cc(Cl)cc(C(F)(F)F)c1. The van der Waals surface area contributed by atoms with Gasteiger partial charge in [0.25, 0.3) is 0 Å². The number of carbonyl (C=O) groups is 1. The highest BCUT2D eigenvalue weighted by Gasteiger charge is 2.31. The van der Waals surface area contributed by atoms with Gasteiger partial charge >= 0.3 is 12.1 Å². The van der Waals surface area contributed by atoms with Crippen LogP contribution in [0.3, 0.4) is 0 Å². The zero-order valence-electron chi connectivity index (χ0n) is 8.33. The molecule has 0 bridgehead atoms. The van der Waals surface area contributed by atoms with Crippen molar-refractivity contribution in [3.05, 3.63) is 34.3 Å². The Labute approximate surface area is 99.4 Å². The highest BCUT2D eigenvalue weighted by Crippen LogP contribution is 2.33. The average molecular weight is 269 g/mol. The molecule has 0 fully saturated rings. The van der Waals surface area contributed by atoms with E-state index in [1.807, 2.05) is 0 Å². The van der Waals surface area contributed by atoms with E-state index in [4.69, 9.17) is 16.7 Å². The van der Waals surface area contributed by atoms with Gasteiger partial charge in [0.15, 0.2) is 0 Å². The Morgan fingerprint density at radius 2 is 1.94 bits per heavy atom. The number of benzene rings is 1. The quantitative estimate of drug-likeness (QED) is 0.886. The highest BCUT2D eigenvalue weighted by molar-refractivity contribution is 6.30. The van der Waals surface area contributed by atoms with E-state index in [9.17, 15) is 23.1 Å². The van der Waals surface area contributed by atoms with Gasteiger partial charge in [-0.3, -0.25) is 4.79 Å². The molecule has 0 aliphatic rings. The van der Waals surface area contributed by atoms with Gasteiger partial charge in [-0.1, -0.05) is 11.6 Å². The van der Waals surface area contributed by atoms with Crippen molar-refractivity contribution < 1.29 is 28.2 Å². The van der Waals surface area contributed by atoms with Crippen LogP contribution in [0, 0.1) is 0 Å². The fraction of sp³-hybridized carbons (Fsp3) is 0.300. The molecule has 17 heavy (non-hydrogen) atoms. The Bertz CT molecular complexity index is 431. The summed E-state index contributed by atoms with van der Waals surface area (Å²) in [6.07, 6.45) is -6.80. The first-order chi connectivity index (χ1) is 7.70. The lowest BCUT2D eigenvalue weighted by Gasteiger charge is -2.13. The summed E-state index contributed by atoms with van der Waals surface area (Å²) in [6.45, 7) is 0. The van der Waals surface area contributed by atoms with Crippen LogP contribution in [0.4, 0.5) is 13.2 Å². The van der Waals surface area contributed by atoms with Crippen molar-refractivity contribution >= 4 is 17.6 Å². The first-order valence-corrected chi connectivity index (χ1v) is 4.85. The lowest BCUT2D eigenvalue weighted by Crippen LogP contribution is -2.09. The summed E-state index contributed by atoms with van der Waals surface area (Å²) in [5.74, 6) is -1.31. The van der Waals surface area contributed by atoms with Crippen LogP contribution >= 0.6 is 11.6 Å². The van der Waals surface area contributed by atoms with Crippen LogP contribution in [-0.2, 0) is 11.0 Å². The summed E-state index contributed by atoms with van der Waals surface area (Å²) in [4.78, 5) is 10.3. The van der Waals surface area contributed by atoms with Crippen molar-refractivity contribution in [2.75, 3.05) is 0 Å². The molecule has 1 rings (SSSR count). The number of carboxylic acid groups (broad SMARTS) is 1. The molecule has 1 unspecified atom stereocenters. The molecule has 0 saturated carbocycles. The van der Waals surface area contributed by atoms with Crippen LogP contribution in [0.2, 0.25) is 5.02 Å². The van der Waals surface area contributed by atoms with Crippen LogP contribution in [0.15, 0.2) is 18.2 Å². The molecule has 0 radical (unpaired) electrons. The Morgan fingerprint density at radius 3 is 2.41 bits per heavy atom. The minimum absolute atomic E-state index is 0.174. The maximum absolute atomic E-state index is 12.4. The second-order valence-corrected chi connectivity index (χ2v) is 3.82. The third-order valence-corrected chi connectivity index (χ3v) is 2.22. The summed E-state index contributed by atoms with van der Waals surface area (Å²) in [5, 5.41) is 17.6. The Balaban J connectivity index is 3.09. The van der Waals surface area contributed by atoms with Crippen LogP contribution < -0.4 is 0 Å². The molecule has 7 heteroatoms. The van der Waals surface area contributed by atoms with E-state index in [0.29, 0.717) is 12.1 Å². The fourth-order valence-corrected chi connectivity index (χ4v) is 1.50. The summed E-state index contributed by atoms with van der Waals surface area (Å²) in [6, 6.07) is 2.49. The molecule has 1 aromatic carbocycles. The number of alkyl halides is 3. The van der Waals surface area contributed by atoms with E-state index in [1.165, 1.54) is 0 Å². The largest absolute Gasteiger partial charge is 0.481 e. The first-order valence-electron chi connectivity index (χ1n) is 4.47. The van der Waals surface area contributed by atoms with Gasteiger partial charge in [-0.25, -0.2) is 0 Å². The molecule has 1 atom stereocenters. The Morgan fingerprint density at radius 1 is 1.35 bits per heavy atom. The molecule has 94 valence electrons. The van der Waals surface area contributed by atoms with E-state index < -0.39 is 30.2 Å². The van der Waals surface area contributed by atoms with E-state index in [2.05, 4.69) is 0 Å². The van der Waals surface area contributed by atoms with Crippen molar-refractivity contribution in [3.63, 3.8) is 0 Å². The topological polar surface area (TPSA) is 57.5 Å². The zero-order chi connectivity index (χ0) is 13.2. The average Bonchev–Trinajstić information content (AvgIpc) is 2.14. The van der Waals surface area contributed by atoms with E-state index in [0.717, 1.165) is 6.07 Å². The predicted octanol–water partition coefficient (Wildman–Crippen LogP) is 2.87. The first kappa shape index (κ1) is 13.8. The molecular weight excluding hydrogens is 261 g/mol. The van der Waals surface area contributed by atoms with Crippen molar-refractivity contribution in [1.82, 2.24) is 0 Å². The number of aliphatic hydroxyl groups is 1. The third kappa shape index (κ3) is 3.90. The molecule has 1 aromatic rings. The van der Waals surface area contributed by atoms with Gasteiger partial charge in [0.1, 0.15) is 0 Å². The van der Waals surface area contributed by atoms with E-state index >= 15 is 0 Å². The molecule has 0 spiro atoms. The van der Waals surface area contributed by atoms with Gasteiger partial charge < -0.3 is 10.2 Å². The summed E-state index contributed by atoms with van der Waals surface area (Å²) in [7, 11) is 0. The number of halogens is 4. The summed E-state index contributed by atoms with van der Waals surface area (Å²) >= 11 is 5.48. The number of aliphatic hydroxyl groups excluding tert-OH is 1. The maximum atomic E-state index is 12.4. The van der Waals surface area contributed by atoms with E-state index in [1.54, 1.807) is 0 Å². The van der Waals surface area contributed by atoms with E-state index in [-0.39, 0.29) is 10.6 Å². The van der Waals surface area contributed by atoms with Crippen LogP contribution in [0.25, 0.3) is 0 Å². The van der Waals surface area contributed by atoms with Gasteiger partial charge in [-0.05, 0) is 23.8 Å². The second kappa shape index (κ2) is 4.93. The van der Waals surface area contributed by atoms with Crippen LogP contribution in [0.5, 0.6) is 0 Å². The van der Waals surface area contributed by atoms with Gasteiger partial charge in [0.05, 0.1) is 18.1 Å². The van der Waals surface area contributed by atoms with Gasteiger partial charge in [-0.15, -0.1) is 0 Å². The molecule has 0 heterocycles. The van der Waals surface area contributed by atoms with Crippen LogP contribution in [-0.4, -0.2) is 16.2 Å². The monoisotopic (exact) mass is 268 g/mol. The standard InChI is InChI=1S/C10H8ClF3O3/c11-7-2-5(8(15)4-9(16)17)1-6(3-7)10(12,13)14/h1-3,8,15H,4H2,(H,16,17). The fourth-order valence-electron chi connectivity index (χ4n) is 1.25. The minimum Gasteiger partial charge on any atom is -0.481 e. The van der Waals surface area contributed by atoms with Crippen molar-refractivity contribution in [1.29, 1.82) is 0 Å². The minimum atomic E-state index is -4.59.